The number of carbonyl (C=O) groups excluding carboxylic acids is 1. The van der Waals surface area contributed by atoms with E-state index >= 15 is 0 Å². The normalized spacial score (nSPS) is 10.4. The number of rotatable bonds is 5. The number of carbonyl (C=O) groups is 1. The molecule has 0 bridgehead atoms. The zero-order valence-electron chi connectivity index (χ0n) is 12.8. The molecule has 0 fully saturated rings. The maximum Gasteiger partial charge on any atom is 0.315 e. The first kappa shape index (κ1) is 15.5. The highest BCUT2D eigenvalue weighted by atomic mass is 16.5. The van der Waals surface area contributed by atoms with Crippen LogP contribution < -0.4 is 15.0 Å². The molecule has 2 heterocycles. The molecule has 0 aliphatic rings. The van der Waals surface area contributed by atoms with Crippen LogP contribution in [0.3, 0.4) is 0 Å². The van der Waals surface area contributed by atoms with Gasteiger partial charge in [-0.1, -0.05) is 0 Å². The molecule has 0 spiro atoms. The summed E-state index contributed by atoms with van der Waals surface area (Å²) in [5.74, 6) is 0.750. The highest BCUT2D eigenvalue weighted by molar-refractivity contribution is 5.75. The van der Waals surface area contributed by atoms with E-state index in [1.165, 1.54) is 10.9 Å². The van der Waals surface area contributed by atoms with Gasteiger partial charge in [0, 0.05) is 24.2 Å². The lowest BCUT2D eigenvalue weighted by atomic mass is 10.2. The third-order valence-electron chi connectivity index (χ3n) is 3.21. The fourth-order valence-electron chi connectivity index (χ4n) is 2.02. The molecule has 3 aromatic rings. The molecule has 0 saturated carbocycles. The van der Waals surface area contributed by atoms with Crippen LogP contribution in [0.1, 0.15) is 5.56 Å². The Morgan fingerprint density at radius 2 is 2.00 bits per heavy atom. The van der Waals surface area contributed by atoms with Crippen molar-refractivity contribution in [3.05, 3.63) is 64.8 Å². The molecule has 0 saturated heterocycles. The van der Waals surface area contributed by atoms with E-state index in [9.17, 15) is 9.59 Å². The molecule has 0 atom stereocenters. The molecule has 0 aliphatic heterocycles. The van der Waals surface area contributed by atoms with Crippen LogP contribution in [0.5, 0.6) is 11.5 Å². The Balaban J connectivity index is 1.68. The fraction of sp³-hybridized carbons (Fsp3) is 0.125. The van der Waals surface area contributed by atoms with E-state index in [1.54, 1.807) is 49.8 Å². The summed E-state index contributed by atoms with van der Waals surface area (Å²) in [6.45, 7) is 0. The van der Waals surface area contributed by atoms with Crippen molar-refractivity contribution >= 4 is 5.97 Å². The summed E-state index contributed by atoms with van der Waals surface area (Å²) < 4.78 is 11.6. The number of aromatic nitrogens is 4. The predicted molar refractivity (Wildman–Crippen MR) is 84.3 cm³/mol. The summed E-state index contributed by atoms with van der Waals surface area (Å²) in [6.07, 6.45) is 4.37. The van der Waals surface area contributed by atoms with Gasteiger partial charge >= 0.3 is 5.97 Å². The first-order chi connectivity index (χ1) is 11.7. The van der Waals surface area contributed by atoms with Crippen molar-refractivity contribution < 1.29 is 14.3 Å². The second-order valence-corrected chi connectivity index (χ2v) is 4.84. The molecule has 8 heteroatoms. The predicted octanol–water partition coefficient (Wildman–Crippen LogP) is 1.11. The number of hydrogen-bond donors (Lipinski definition) is 1. The van der Waals surface area contributed by atoms with Crippen molar-refractivity contribution in [2.24, 2.45) is 0 Å². The Morgan fingerprint density at radius 3 is 2.62 bits per heavy atom. The van der Waals surface area contributed by atoms with E-state index in [0.717, 1.165) is 0 Å². The lowest BCUT2D eigenvalue weighted by Gasteiger charge is -2.06. The molecule has 0 aliphatic carbocycles. The fourth-order valence-corrected chi connectivity index (χ4v) is 2.02. The molecule has 3 rings (SSSR count). The number of H-pyrrole nitrogens is 1. The number of nitrogens with one attached hydrogen (secondary N) is 1. The van der Waals surface area contributed by atoms with Crippen LogP contribution in [0.2, 0.25) is 0 Å². The van der Waals surface area contributed by atoms with Crippen molar-refractivity contribution in [3.63, 3.8) is 0 Å². The van der Waals surface area contributed by atoms with Gasteiger partial charge < -0.3 is 9.47 Å². The average Bonchev–Trinajstić information content (AvgIpc) is 3.12. The van der Waals surface area contributed by atoms with Crippen LogP contribution in [-0.2, 0) is 11.2 Å². The molecule has 8 nitrogen and oxygen atoms in total. The average molecular weight is 326 g/mol. The monoisotopic (exact) mass is 326 g/mol. The summed E-state index contributed by atoms with van der Waals surface area (Å²) in [6, 6.07) is 8.28. The van der Waals surface area contributed by atoms with Gasteiger partial charge in [-0.25, -0.2) is 9.67 Å². The number of benzene rings is 1. The van der Waals surface area contributed by atoms with Gasteiger partial charge in [-0.15, -0.1) is 0 Å². The minimum absolute atomic E-state index is 0.187. The van der Waals surface area contributed by atoms with Crippen molar-refractivity contribution in [1.29, 1.82) is 0 Å². The minimum Gasteiger partial charge on any atom is -0.497 e. The highest BCUT2D eigenvalue weighted by Crippen LogP contribution is 2.17. The Morgan fingerprint density at radius 1 is 1.25 bits per heavy atom. The molecule has 2 aromatic heterocycles. The Kier molecular flexibility index (Phi) is 4.37. The largest absolute Gasteiger partial charge is 0.497 e. The zero-order chi connectivity index (χ0) is 16.9. The summed E-state index contributed by atoms with van der Waals surface area (Å²) in [5.41, 5.74) is -0.202. The molecule has 0 radical (unpaired) electrons. The van der Waals surface area contributed by atoms with Crippen LogP contribution in [0.15, 0.2) is 53.7 Å². The number of hydrogen-bond acceptors (Lipinski definition) is 6. The van der Waals surface area contributed by atoms with E-state index < -0.39 is 11.5 Å². The number of ether oxygens (including phenoxy) is 2. The molecular weight excluding hydrogens is 312 g/mol. The molecule has 24 heavy (non-hydrogen) atoms. The van der Waals surface area contributed by atoms with Gasteiger partial charge in [0.25, 0.3) is 5.56 Å². The third-order valence-corrected chi connectivity index (χ3v) is 3.21. The number of nitrogens with zero attached hydrogens (tertiary/aromatic N) is 3. The van der Waals surface area contributed by atoms with E-state index in [4.69, 9.17) is 9.47 Å². The maximum atomic E-state index is 12.0. The lowest BCUT2D eigenvalue weighted by molar-refractivity contribution is -0.133. The standard InChI is InChI=1S/C16H14N4O4/c1-23-12-3-5-13(6-4-12)24-14(21)9-11-10-17-16(19-15(11)22)20-8-2-7-18-20/h2-8,10H,9H2,1H3,(H,17,19,22). The van der Waals surface area contributed by atoms with Crippen molar-refractivity contribution in [2.75, 3.05) is 7.11 Å². The highest BCUT2D eigenvalue weighted by Gasteiger charge is 2.11. The summed E-state index contributed by atoms with van der Waals surface area (Å²) >= 11 is 0. The van der Waals surface area contributed by atoms with Gasteiger partial charge in [0.2, 0.25) is 5.95 Å². The summed E-state index contributed by atoms with van der Waals surface area (Å²) in [5, 5.41) is 3.97. The number of esters is 1. The van der Waals surface area contributed by atoms with E-state index in [1.807, 2.05) is 0 Å². The van der Waals surface area contributed by atoms with E-state index in [0.29, 0.717) is 11.5 Å². The van der Waals surface area contributed by atoms with E-state index in [2.05, 4.69) is 15.1 Å². The minimum atomic E-state index is -0.556. The molecule has 1 N–H and O–H groups in total. The van der Waals surface area contributed by atoms with Gasteiger partial charge in [-0.3, -0.25) is 14.6 Å². The van der Waals surface area contributed by atoms with Crippen LogP contribution in [0.25, 0.3) is 5.95 Å². The maximum absolute atomic E-state index is 12.0. The van der Waals surface area contributed by atoms with E-state index in [-0.39, 0.29) is 17.9 Å². The first-order valence-electron chi connectivity index (χ1n) is 7.08. The third kappa shape index (κ3) is 3.49. The zero-order valence-corrected chi connectivity index (χ0v) is 12.8. The van der Waals surface area contributed by atoms with Gasteiger partial charge in [0.05, 0.1) is 13.5 Å². The summed E-state index contributed by atoms with van der Waals surface area (Å²) in [7, 11) is 1.55. The number of methoxy groups -OCH3 is 1. The molecular formula is C16H14N4O4. The lowest BCUT2D eigenvalue weighted by Crippen LogP contribution is -2.22. The molecule has 122 valence electrons. The molecule has 1 aromatic carbocycles. The quantitative estimate of drug-likeness (QED) is 0.557. The Hall–Kier alpha value is -3.42. The molecule has 0 unspecified atom stereocenters. The van der Waals surface area contributed by atoms with Gasteiger partial charge in [0.1, 0.15) is 11.5 Å². The van der Waals surface area contributed by atoms with Crippen molar-refractivity contribution in [1.82, 2.24) is 19.7 Å². The van der Waals surface area contributed by atoms with Gasteiger partial charge in [-0.05, 0) is 30.3 Å². The van der Waals surface area contributed by atoms with Gasteiger partial charge in [-0.2, -0.15) is 5.10 Å². The van der Waals surface area contributed by atoms with Crippen molar-refractivity contribution in [3.8, 4) is 17.4 Å². The van der Waals surface area contributed by atoms with Crippen molar-refractivity contribution in [2.45, 2.75) is 6.42 Å². The second-order valence-electron chi connectivity index (χ2n) is 4.84. The topological polar surface area (TPSA) is 99.1 Å². The number of aromatic amines is 1. The second kappa shape index (κ2) is 6.78. The molecule has 0 amide bonds. The smallest absolute Gasteiger partial charge is 0.315 e. The van der Waals surface area contributed by atoms with Crippen LogP contribution in [0, 0.1) is 0 Å². The van der Waals surface area contributed by atoms with Crippen LogP contribution >= 0.6 is 0 Å². The summed E-state index contributed by atoms with van der Waals surface area (Å²) in [4.78, 5) is 30.7. The first-order valence-corrected chi connectivity index (χ1v) is 7.08. The van der Waals surface area contributed by atoms with Crippen LogP contribution in [0.4, 0.5) is 0 Å². The SMILES string of the molecule is COc1ccc(OC(=O)Cc2cnc(-n3cccn3)[nH]c2=O)cc1. The Labute approximate surface area is 136 Å². The van der Waals surface area contributed by atoms with Gasteiger partial charge in [0.15, 0.2) is 0 Å². The van der Waals surface area contributed by atoms with Crippen LogP contribution in [-0.4, -0.2) is 32.8 Å². The Bertz CT molecular complexity index is 885.